The Kier molecular flexibility index (Phi) is 6.31. The first-order valence-electron chi connectivity index (χ1n) is 13.8. The molecule has 3 nitrogen and oxygen atoms in total. The van der Waals surface area contributed by atoms with E-state index in [-0.39, 0.29) is 33.5 Å². The molecular weight excluding hydrogens is 420 g/mol. The number of carbonyl (C=O) groups excluding carboxylic acids is 1. The van der Waals surface area contributed by atoms with Gasteiger partial charge >= 0.3 is 5.97 Å². The van der Waals surface area contributed by atoms with E-state index in [0.29, 0.717) is 24.0 Å². The van der Waals surface area contributed by atoms with Gasteiger partial charge in [-0.05, 0) is 98.7 Å². The zero-order chi connectivity index (χ0) is 25.3. The van der Waals surface area contributed by atoms with Crippen LogP contribution in [0.1, 0.15) is 113 Å². The maximum atomic E-state index is 12.8. The number of hydrogen-bond acceptors (Lipinski definition) is 2. The smallest absolute Gasteiger partial charge is 0.306 e. The molecule has 7 atom stereocenters. The summed E-state index contributed by atoms with van der Waals surface area (Å²) in [5.74, 6) is 0.606. The molecule has 0 bridgehead atoms. The van der Waals surface area contributed by atoms with Gasteiger partial charge in [0.25, 0.3) is 0 Å². The molecule has 1 N–H and O–H groups in total. The van der Waals surface area contributed by atoms with Crippen molar-refractivity contribution in [2.45, 2.75) is 113 Å². The van der Waals surface area contributed by atoms with Crippen LogP contribution in [0.25, 0.3) is 0 Å². The van der Waals surface area contributed by atoms with Gasteiger partial charge in [-0.15, -0.1) is 0 Å². The fraction of sp³-hybridized carbons (Fsp3) is 0.806. The summed E-state index contributed by atoms with van der Waals surface area (Å²) in [7, 11) is 0. The normalized spacial score (nSPS) is 40.7. The van der Waals surface area contributed by atoms with Crippen molar-refractivity contribution in [2.75, 3.05) is 0 Å². The van der Waals surface area contributed by atoms with Crippen molar-refractivity contribution in [3.63, 3.8) is 0 Å². The van der Waals surface area contributed by atoms with E-state index < -0.39 is 5.97 Å². The first kappa shape index (κ1) is 25.7. The minimum absolute atomic E-state index is 0.0323. The summed E-state index contributed by atoms with van der Waals surface area (Å²) < 4.78 is 0. The highest BCUT2D eigenvalue weighted by atomic mass is 16.4. The molecule has 0 spiro atoms. The fourth-order valence-corrected chi connectivity index (χ4v) is 9.35. The monoisotopic (exact) mass is 468 g/mol. The lowest BCUT2D eigenvalue weighted by Crippen LogP contribution is -2.54. The molecular formula is C31H48O3. The number of carboxylic acid groups (broad SMARTS) is 1. The minimum atomic E-state index is -0.604. The van der Waals surface area contributed by atoms with Gasteiger partial charge in [-0.25, -0.2) is 0 Å². The third-order valence-corrected chi connectivity index (χ3v) is 12.1. The van der Waals surface area contributed by atoms with Crippen LogP contribution in [0, 0.1) is 45.3 Å². The Morgan fingerprint density at radius 2 is 1.68 bits per heavy atom. The van der Waals surface area contributed by atoms with E-state index in [2.05, 4.69) is 55.0 Å². The van der Waals surface area contributed by atoms with Gasteiger partial charge in [0.15, 0.2) is 0 Å². The molecule has 4 aliphatic carbocycles. The highest BCUT2D eigenvalue weighted by molar-refractivity contribution is 5.85. The van der Waals surface area contributed by atoms with Crippen LogP contribution in [0.4, 0.5) is 0 Å². The zero-order valence-electron chi connectivity index (χ0n) is 22.9. The van der Waals surface area contributed by atoms with Crippen molar-refractivity contribution < 1.29 is 14.7 Å². The Labute approximate surface area is 207 Å². The molecule has 0 aromatic carbocycles. The van der Waals surface area contributed by atoms with Crippen molar-refractivity contribution in [3.05, 3.63) is 23.3 Å². The highest BCUT2D eigenvalue weighted by Crippen LogP contribution is 2.72. The van der Waals surface area contributed by atoms with Crippen LogP contribution in [0.15, 0.2) is 23.3 Å². The van der Waals surface area contributed by atoms with Crippen molar-refractivity contribution in [2.24, 2.45) is 45.3 Å². The van der Waals surface area contributed by atoms with Crippen LogP contribution in [0.3, 0.4) is 0 Å². The van der Waals surface area contributed by atoms with Gasteiger partial charge in [-0.2, -0.15) is 0 Å². The maximum absolute atomic E-state index is 12.8. The highest BCUT2D eigenvalue weighted by Gasteiger charge is 2.64. The maximum Gasteiger partial charge on any atom is 0.306 e. The molecule has 190 valence electrons. The van der Waals surface area contributed by atoms with Crippen LogP contribution < -0.4 is 0 Å². The molecule has 4 aliphatic rings. The number of allylic oxidation sites excluding steroid dienone is 3. The first-order chi connectivity index (χ1) is 15.7. The summed E-state index contributed by atoms with van der Waals surface area (Å²) in [6, 6.07) is 0. The molecule has 0 aliphatic heterocycles. The van der Waals surface area contributed by atoms with E-state index in [1.54, 1.807) is 11.1 Å². The second-order valence-electron chi connectivity index (χ2n) is 13.8. The van der Waals surface area contributed by atoms with E-state index >= 15 is 0 Å². The van der Waals surface area contributed by atoms with Crippen LogP contribution in [-0.2, 0) is 9.59 Å². The van der Waals surface area contributed by atoms with Crippen molar-refractivity contribution in [1.82, 2.24) is 0 Å². The third-order valence-electron chi connectivity index (χ3n) is 12.1. The van der Waals surface area contributed by atoms with Crippen LogP contribution in [-0.4, -0.2) is 16.9 Å². The number of aliphatic carboxylic acids is 1. The summed E-state index contributed by atoms with van der Waals surface area (Å²) >= 11 is 0. The second kappa shape index (κ2) is 8.34. The molecule has 0 aromatic rings. The molecule has 0 radical (unpaired) electrons. The van der Waals surface area contributed by atoms with E-state index in [1.807, 2.05) is 0 Å². The quantitative estimate of drug-likeness (QED) is 0.402. The summed E-state index contributed by atoms with van der Waals surface area (Å²) in [4.78, 5) is 25.4. The summed E-state index contributed by atoms with van der Waals surface area (Å²) in [5, 5.41) is 10.3. The standard InChI is InChI=1S/C31H48O3/c1-19(2)20(3)9-10-21(27(33)34)22-13-17-31(8)24-11-12-25-28(4,5)26(32)15-16-29(25,6)23(24)14-18-30(22,31)7/h20-22,25H,1,9-18H2,2-8H3,(H,33,34)/t20-,21+,22+,25-,29+,30+,31-/m0/s1. The number of Topliss-reactive ketones (excluding diaryl/α,β-unsaturated/α-hetero) is 1. The number of fused-ring (bicyclic) bond motifs is 4. The van der Waals surface area contributed by atoms with Crippen molar-refractivity contribution in [1.29, 1.82) is 0 Å². The van der Waals surface area contributed by atoms with Gasteiger partial charge in [-0.3, -0.25) is 9.59 Å². The lowest BCUT2D eigenvalue weighted by molar-refractivity contribution is -0.147. The van der Waals surface area contributed by atoms with E-state index in [1.165, 1.54) is 0 Å². The Hall–Kier alpha value is -1.38. The molecule has 0 unspecified atom stereocenters. The SMILES string of the molecule is C=C(C)[C@@H](C)CC[C@@H](C(=O)O)[C@H]1CC[C@@]2(C)C3=C(CC[C@]12C)[C@@]1(C)CCC(=O)C(C)(C)[C@@H]1CC3. The molecule has 0 aromatic heterocycles. The van der Waals surface area contributed by atoms with Crippen molar-refractivity contribution in [3.8, 4) is 0 Å². The molecule has 0 amide bonds. The van der Waals surface area contributed by atoms with Gasteiger partial charge in [0, 0.05) is 11.8 Å². The molecule has 34 heavy (non-hydrogen) atoms. The topological polar surface area (TPSA) is 54.4 Å². The Morgan fingerprint density at radius 1 is 1.00 bits per heavy atom. The van der Waals surface area contributed by atoms with Gasteiger partial charge < -0.3 is 5.11 Å². The largest absolute Gasteiger partial charge is 0.481 e. The second-order valence-corrected chi connectivity index (χ2v) is 13.8. The van der Waals surface area contributed by atoms with E-state index in [4.69, 9.17) is 0 Å². The number of carboxylic acids is 1. The molecule has 0 saturated heterocycles. The van der Waals surface area contributed by atoms with E-state index in [0.717, 1.165) is 63.4 Å². The van der Waals surface area contributed by atoms with Gasteiger partial charge in [0.1, 0.15) is 5.78 Å². The van der Waals surface area contributed by atoms with Gasteiger partial charge in [-0.1, -0.05) is 64.8 Å². The average molecular weight is 469 g/mol. The predicted molar refractivity (Wildman–Crippen MR) is 138 cm³/mol. The molecule has 4 rings (SSSR count). The lowest BCUT2D eigenvalue weighted by atomic mass is 9.43. The fourth-order valence-electron chi connectivity index (χ4n) is 9.35. The third kappa shape index (κ3) is 3.50. The Morgan fingerprint density at radius 3 is 2.29 bits per heavy atom. The van der Waals surface area contributed by atoms with Gasteiger partial charge in [0.05, 0.1) is 5.92 Å². The molecule has 0 heterocycles. The zero-order valence-corrected chi connectivity index (χ0v) is 22.9. The lowest BCUT2D eigenvalue weighted by Gasteiger charge is -2.60. The minimum Gasteiger partial charge on any atom is -0.481 e. The van der Waals surface area contributed by atoms with E-state index in [9.17, 15) is 14.7 Å². The number of hydrogen-bond donors (Lipinski definition) is 1. The molecule has 2 saturated carbocycles. The molecule has 2 fully saturated rings. The Balaban J connectivity index is 1.68. The molecule has 3 heteroatoms. The Bertz CT molecular complexity index is 925. The summed E-state index contributed by atoms with van der Waals surface area (Å²) in [6.45, 7) is 20.1. The summed E-state index contributed by atoms with van der Waals surface area (Å²) in [5.41, 5.74) is 4.47. The van der Waals surface area contributed by atoms with Crippen molar-refractivity contribution >= 4 is 11.8 Å². The first-order valence-corrected chi connectivity index (χ1v) is 13.8. The average Bonchev–Trinajstić information content (AvgIpc) is 3.02. The number of ketones is 1. The predicted octanol–water partition coefficient (Wildman–Crippen LogP) is 8.00. The van der Waals surface area contributed by atoms with Crippen LogP contribution in [0.5, 0.6) is 0 Å². The van der Waals surface area contributed by atoms with Crippen LogP contribution >= 0.6 is 0 Å². The number of carbonyl (C=O) groups is 2. The summed E-state index contributed by atoms with van der Waals surface area (Å²) in [6.07, 6.45) is 9.85. The van der Waals surface area contributed by atoms with Gasteiger partial charge in [0.2, 0.25) is 0 Å². The van der Waals surface area contributed by atoms with Crippen LogP contribution in [0.2, 0.25) is 0 Å². The number of rotatable bonds is 6.